The molecule has 124 valence electrons. The van der Waals surface area contributed by atoms with Gasteiger partial charge in [0, 0.05) is 12.0 Å². The number of rotatable bonds is 7. The molecule has 1 heterocycles. The summed E-state index contributed by atoms with van der Waals surface area (Å²) >= 11 is 0. The number of nitrogens with one attached hydrogen (secondary N) is 1. The molecule has 0 spiro atoms. The highest BCUT2D eigenvalue weighted by molar-refractivity contribution is 5.79. The number of ether oxygens (including phenoxy) is 2. The van der Waals surface area contributed by atoms with Crippen LogP contribution in [0.25, 0.3) is 22.4 Å². The Morgan fingerprint density at radius 3 is 2.67 bits per heavy atom. The lowest BCUT2D eigenvalue weighted by Crippen LogP contribution is -2.06. The summed E-state index contributed by atoms with van der Waals surface area (Å²) in [4.78, 5) is 19.1. The number of carbonyl (C=O) groups excluding carboxylic acids is 1. The van der Waals surface area contributed by atoms with Crippen molar-refractivity contribution in [2.24, 2.45) is 0 Å². The second-order valence-corrected chi connectivity index (χ2v) is 5.38. The van der Waals surface area contributed by atoms with Crippen LogP contribution in [-0.2, 0) is 9.53 Å². The first-order valence-corrected chi connectivity index (χ1v) is 8.10. The molecule has 0 fully saturated rings. The number of benzene rings is 2. The molecule has 3 rings (SSSR count). The number of hydrogen-bond acceptors (Lipinski definition) is 4. The molecule has 0 atom stereocenters. The third-order valence-corrected chi connectivity index (χ3v) is 3.62. The minimum atomic E-state index is -0.179. The average molecular weight is 324 g/mol. The topological polar surface area (TPSA) is 64.2 Å². The molecule has 0 bridgehead atoms. The molecule has 0 aliphatic heterocycles. The van der Waals surface area contributed by atoms with Crippen molar-refractivity contribution >= 4 is 17.0 Å². The zero-order chi connectivity index (χ0) is 16.8. The van der Waals surface area contributed by atoms with Crippen LogP contribution < -0.4 is 4.74 Å². The minimum absolute atomic E-state index is 0.179. The van der Waals surface area contributed by atoms with E-state index in [1.165, 1.54) is 0 Å². The number of imidazole rings is 1. The quantitative estimate of drug-likeness (QED) is 0.528. The lowest BCUT2D eigenvalue weighted by molar-refractivity contribution is -0.143. The molecule has 0 unspecified atom stereocenters. The number of fused-ring (bicyclic) bond motifs is 1. The predicted octanol–water partition coefficient (Wildman–Crippen LogP) is 3.95. The van der Waals surface area contributed by atoms with Crippen LogP contribution in [0, 0.1) is 0 Å². The summed E-state index contributed by atoms with van der Waals surface area (Å²) in [6.45, 7) is 2.71. The molecule has 5 nitrogen and oxygen atoms in total. The van der Waals surface area contributed by atoms with Gasteiger partial charge in [0.05, 0.1) is 24.2 Å². The summed E-state index contributed by atoms with van der Waals surface area (Å²) in [5.74, 6) is 1.44. The summed E-state index contributed by atoms with van der Waals surface area (Å²) in [7, 11) is 0. The van der Waals surface area contributed by atoms with Gasteiger partial charge in [0.2, 0.25) is 0 Å². The lowest BCUT2D eigenvalue weighted by Gasteiger charge is -2.06. The summed E-state index contributed by atoms with van der Waals surface area (Å²) in [6.07, 6.45) is 1.02. The molecule has 0 saturated heterocycles. The molecular formula is C19H20N2O3. The Labute approximate surface area is 140 Å². The largest absolute Gasteiger partial charge is 0.494 e. The van der Waals surface area contributed by atoms with Crippen LogP contribution in [-0.4, -0.2) is 29.2 Å². The van der Waals surface area contributed by atoms with Crippen molar-refractivity contribution in [1.29, 1.82) is 0 Å². The van der Waals surface area contributed by atoms with Gasteiger partial charge in [-0.3, -0.25) is 4.79 Å². The molecule has 0 amide bonds. The maximum Gasteiger partial charge on any atom is 0.305 e. The van der Waals surface area contributed by atoms with E-state index >= 15 is 0 Å². The molecule has 0 saturated carbocycles. The number of aromatic amines is 1. The number of nitrogens with zero attached hydrogens (tertiary/aromatic N) is 1. The number of aromatic nitrogens is 2. The molecule has 0 aliphatic carbocycles. The standard InChI is InChI=1S/C19H20N2O3/c1-2-23-18(22)8-5-13-24-15-11-9-14(10-12-15)19-20-16-6-3-4-7-17(16)21-19/h3-4,6-7,9-12H,2,5,8,13H2,1H3,(H,20,21). The Morgan fingerprint density at radius 1 is 1.12 bits per heavy atom. The van der Waals surface area contributed by atoms with Gasteiger partial charge in [-0.15, -0.1) is 0 Å². The predicted molar refractivity (Wildman–Crippen MR) is 92.9 cm³/mol. The number of carbonyl (C=O) groups is 1. The zero-order valence-corrected chi connectivity index (χ0v) is 13.6. The first-order valence-electron chi connectivity index (χ1n) is 8.10. The normalized spacial score (nSPS) is 10.7. The first-order chi connectivity index (χ1) is 11.8. The SMILES string of the molecule is CCOC(=O)CCCOc1ccc(-c2nc3ccccc3[nH]2)cc1. The van der Waals surface area contributed by atoms with Gasteiger partial charge in [-0.05, 0) is 49.7 Å². The van der Waals surface area contributed by atoms with E-state index in [2.05, 4.69) is 9.97 Å². The Balaban J connectivity index is 1.56. The number of hydrogen-bond donors (Lipinski definition) is 1. The Bertz CT molecular complexity index is 776. The molecule has 3 aromatic rings. The Morgan fingerprint density at radius 2 is 1.92 bits per heavy atom. The summed E-state index contributed by atoms with van der Waals surface area (Å²) in [5, 5.41) is 0. The molecule has 0 aliphatic rings. The van der Waals surface area contributed by atoms with Gasteiger partial charge in [-0.1, -0.05) is 12.1 Å². The molecular weight excluding hydrogens is 304 g/mol. The average Bonchev–Trinajstić information content (AvgIpc) is 3.04. The molecule has 5 heteroatoms. The van der Waals surface area contributed by atoms with Crippen LogP contribution in [0.15, 0.2) is 48.5 Å². The fourth-order valence-corrected chi connectivity index (χ4v) is 2.44. The van der Waals surface area contributed by atoms with Gasteiger partial charge in [0.15, 0.2) is 0 Å². The monoisotopic (exact) mass is 324 g/mol. The number of para-hydroxylation sites is 2. The molecule has 1 N–H and O–H groups in total. The van der Waals surface area contributed by atoms with Crippen LogP contribution in [0.2, 0.25) is 0 Å². The fraction of sp³-hybridized carbons (Fsp3) is 0.263. The number of H-pyrrole nitrogens is 1. The van der Waals surface area contributed by atoms with E-state index in [-0.39, 0.29) is 5.97 Å². The Hall–Kier alpha value is -2.82. The van der Waals surface area contributed by atoms with Gasteiger partial charge in [-0.2, -0.15) is 0 Å². The third kappa shape index (κ3) is 3.93. The molecule has 1 aromatic heterocycles. The highest BCUT2D eigenvalue weighted by Gasteiger charge is 2.05. The van der Waals surface area contributed by atoms with E-state index < -0.39 is 0 Å². The fourth-order valence-electron chi connectivity index (χ4n) is 2.44. The van der Waals surface area contributed by atoms with Crippen LogP contribution in [0.5, 0.6) is 5.75 Å². The first kappa shape index (κ1) is 16.1. The maximum atomic E-state index is 11.2. The van der Waals surface area contributed by atoms with E-state index in [1.807, 2.05) is 48.5 Å². The highest BCUT2D eigenvalue weighted by atomic mass is 16.5. The smallest absolute Gasteiger partial charge is 0.305 e. The van der Waals surface area contributed by atoms with Crippen molar-refractivity contribution < 1.29 is 14.3 Å². The summed E-state index contributed by atoms with van der Waals surface area (Å²) in [5.41, 5.74) is 2.98. The molecule has 24 heavy (non-hydrogen) atoms. The van der Waals surface area contributed by atoms with E-state index in [0.29, 0.717) is 26.1 Å². The zero-order valence-electron chi connectivity index (χ0n) is 13.6. The van der Waals surface area contributed by atoms with Crippen LogP contribution >= 0.6 is 0 Å². The third-order valence-electron chi connectivity index (χ3n) is 3.62. The van der Waals surface area contributed by atoms with Crippen molar-refractivity contribution in [2.75, 3.05) is 13.2 Å². The van der Waals surface area contributed by atoms with Crippen molar-refractivity contribution in [3.8, 4) is 17.1 Å². The van der Waals surface area contributed by atoms with Gasteiger partial charge in [-0.25, -0.2) is 4.98 Å². The summed E-state index contributed by atoms with van der Waals surface area (Å²) in [6, 6.07) is 15.7. The van der Waals surface area contributed by atoms with Gasteiger partial charge in [0.25, 0.3) is 0 Å². The van der Waals surface area contributed by atoms with Crippen molar-refractivity contribution in [2.45, 2.75) is 19.8 Å². The van der Waals surface area contributed by atoms with Crippen LogP contribution in [0.1, 0.15) is 19.8 Å². The van der Waals surface area contributed by atoms with E-state index in [9.17, 15) is 4.79 Å². The van der Waals surface area contributed by atoms with E-state index in [4.69, 9.17) is 9.47 Å². The van der Waals surface area contributed by atoms with Crippen LogP contribution in [0.4, 0.5) is 0 Å². The second-order valence-electron chi connectivity index (χ2n) is 5.38. The van der Waals surface area contributed by atoms with Crippen molar-refractivity contribution in [3.05, 3.63) is 48.5 Å². The summed E-state index contributed by atoms with van der Waals surface area (Å²) < 4.78 is 10.5. The van der Waals surface area contributed by atoms with E-state index in [0.717, 1.165) is 28.2 Å². The van der Waals surface area contributed by atoms with Gasteiger partial charge < -0.3 is 14.5 Å². The lowest BCUT2D eigenvalue weighted by atomic mass is 10.2. The molecule has 2 aromatic carbocycles. The maximum absolute atomic E-state index is 11.2. The van der Waals surface area contributed by atoms with Gasteiger partial charge >= 0.3 is 5.97 Å². The van der Waals surface area contributed by atoms with Crippen molar-refractivity contribution in [3.63, 3.8) is 0 Å². The number of esters is 1. The minimum Gasteiger partial charge on any atom is -0.494 e. The van der Waals surface area contributed by atoms with E-state index in [1.54, 1.807) is 6.92 Å². The van der Waals surface area contributed by atoms with Crippen molar-refractivity contribution in [1.82, 2.24) is 9.97 Å². The Kier molecular flexibility index (Phi) is 5.11. The second kappa shape index (κ2) is 7.64. The van der Waals surface area contributed by atoms with Crippen LogP contribution in [0.3, 0.4) is 0 Å². The molecule has 0 radical (unpaired) electrons. The van der Waals surface area contributed by atoms with Gasteiger partial charge in [0.1, 0.15) is 11.6 Å². The highest BCUT2D eigenvalue weighted by Crippen LogP contribution is 2.22.